The van der Waals surface area contributed by atoms with Crippen LogP contribution in [-0.4, -0.2) is 16.5 Å². The lowest BCUT2D eigenvalue weighted by molar-refractivity contribution is 0.196. The number of aliphatic hydroxyl groups is 1. The molecule has 0 radical (unpaired) electrons. The molecule has 1 aromatic carbocycles. The number of hydrogen-bond donors (Lipinski definition) is 1. The first-order chi connectivity index (χ1) is 6.61. The van der Waals surface area contributed by atoms with Gasteiger partial charge in [-0.25, -0.2) is 0 Å². The van der Waals surface area contributed by atoms with Gasteiger partial charge in [0.1, 0.15) is 0 Å². The van der Waals surface area contributed by atoms with Crippen LogP contribution in [-0.2, 0) is 5.75 Å². The zero-order valence-corrected chi connectivity index (χ0v) is 10.8. The van der Waals surface area contributed by atoms with E-state index in [4.69, 9.17) is 0 Å². The minimum absolute atomic E-state index is 0.248. The summed E-state index contributed by atoms with van der Waals surface area (Å²) in [4.78, 5) is 0. The number of benzene rings is 1. The standard InChI is InChI=1S/C11H15BrOS/c1-8(13)9(2)14-7-10-5-3-4-6-11(10)12/h3-6,8-9,13H,7H2,1-2H3. The van der Waals surface area contributed by atoms with Crippen LogP contribution in [0.4, 0.5) is 0 Å². The van der Waals surface area contributed by atoms with Gasteiger partial charge in [-0.15, -0.1) is 0 Å². The lowest BCUT2D eigenvalue weighted by Crippen LogP contribution is -2.15. The minimum atomic E-state index is -0.248. The van der Waals surface area contributed by atoms with Gasteiger partial charge in [0.2, 0.25) is 0 Å². The van der Waals surface area contributed by atoms with E-state index in [1.165, 1.54) is 5.56 Å². The second kappa shape index (κ2) is 5.79. The van der Waals surface area contributed by atoms with Gasteiger partial charge in [-0.1, -0.05) is 41.1 Å². The molecule has 0 spiro atoms. The monoisotopic (exact) mass is 274 g/mol. The highest BCUT2D eigenvalue weighted by atomic mass is 79.9. The number of aliphatic hydroxyl groups excluding tert-OH is 1. The lowest BCUT2D eigenvalue weighted by atomic mass is 10.2. The molecule has 0 aliphatic rings. The summed E-state index contributed by atoms with van der Waals surface area (Å²) in [5.74, 6) is 0.938. The van der Waals surface area contributed by atoms with Crippen LogP contribution in [0.5, 0.6) is 0 Å². The molecule has 1 rings (SSSR count). The SMILES string of the molecule is CC(O)C(C)SCc1ccccc1Br. The Morgan fingerprint density at radius 2 is 2.00 bits per heavy atom. The van der Waals surface area contributed by atoms with Crippen molar-refractivity contribution in [1.29, 1.82) is 0 Å². The molecule has 0 saturated heterocycles. The molecule has 1 aromatic rings. The van der Waals surface area contributed by atoms with Crippen molar-refractivity contribution in [3.05, 3.63) is 34.3 Å². The highest BCUT2D eigenvalue weighted by molar-refractivity contribution is 9.10. The summed E-state index contributed by atoms with van der Waals surface area (Å²) in [5, 5.41) is 9.62. The normalized spacial score (nSPS) is 15.1. The summed E-state index contributed by atoms with van der Waals surface area (Å²) < 4.78 is 1.14. The Hall–Kier alpha value is 0.01000. The van der Waals surface area contributed by atoms with E-state index in [1.807, 2.05) is 32.0 Å². The minimum Gasteiger partial charge on any atom is -0.392 e. The number of thioether (sulfide) groups is 1. The first kappa shape index (κ1) is 12.1. The van der Waals surface area contributed by atoms with E-state index < -0.39 is 0 Å². The van der Waals surface area contributed by atoms with Crippen LogP contribution < -0.4 is 0 Å². The third kappa shape index (κ3) is 3.64. The first-order valence-corrected chi connectivity index (χ1v) is 6.48. The van der Waals surface area contributed by atoms with Gasteiger partial charge in [0.15, 0.2) is 0 Å². The second-order valence-corrected chi connectivity index (χ2v) is 5.57. The summed E-state index contributed by atoms with van der Waals surface area (Å²) >= 11 is 5.28. The van der Waals surface area contributed by atoms with Crippen LogP contribution in [0.3, 0.4) is 0 Å². The van der Waals surface area contributed by atoms with Gasteiger partial charge >= 0.3 is 0 Å². The van der Waals surface area contributed by atoms with Gasteiger partial charge in [-0.2, -0.15) is 11.8 Å². The Balaban J connectivity index is 2.50. The maximum atomic E-state index is 9.34. The predicted octanol–water partition coefficient (Wildman–Crippen LogP) is 3.45. The van der Waals surface area contributed by atoms with Gasteiger partial charge in [0.25, 0.3) is 0 Å². The molecule has 0 fully saturated rings. The van der Waals surface area contributed by atoms with E-state index in [0.717, 1.165) is 10.2 Å². The largest absolute Gasteiger partial charge is 0.392 e. The Labute approximate surface area is 98.0 Å². The van der Waals surface area contributed by atoms with Crippen LogP contribution in [0.2, 0.25) is 0 Å². The van der Waals surface area contributed by atoms with E-state index in [1.54, 1.807) is 11.8 Å². The van der Waals surface area contributed by atoms with E-state index in [-0.39, 0.29) is 11.4 Å². The summed E-state index contributed by atoms with van der Waals surface area (Å²) in [7, 11) is 0. The smallest absolute Gasteiger partial charge is 0.0628 e. The molecule has 0 bridgehead atoms. The summed E-state index contributed by atoms with van der Waals surface area (Å²) in [5.41, 5.74) is 1.28. The Morgan fingerprint density at radius 1 is 1.36 bits per heavy atom. The van der Waals surface area contributed by atoms with Crippen molar-refractivity contribution in [3.63, 3.8) is 0 Å². The molecule has 0 aliphatic carbocycles. The van der Waals surface area contributed by atoms with Crippen LogP contribution in [0.15, 0.2) is 28.7 Å². The van der Waals surface area contributed by atoms with Crippen molar-refractivity contribution >= 4 is 27.7 Å². The van der Waals surface area contributed by atoms with E-state index >= 15 is 0 Å². The zero-order valence-electron chi connectivity index (χ0n) is 8.40. The van der Waals surface area contributed by atoms with Crippen molar-refractivity contribution in [3.8, 4) is 0 Å². The van der Waals surface area contributed by atoms with Gasteiger partial charge in [-0.05, 0) is 18.6 Å². The van der Waals surface area contributed by atoms with Crippen molar-refractivity contribution < 1.29 is 5.11 Å². The van der Waals surface area contributed by atoms with E-state index in [2.05, 4.69) is 22.0 Å². The fraction of sp³-hybridized carbons (Fsp3) is 0.455. The highest BCUT2D eigenvalue weighted by Crippen LogP contribution is 2.24. The van der Waals surface area contributed by atoms with Gasteiger partial charge in [0.05, 0.1) is 6.10 Å². The molecule has 0 heterocycles. The second-order valence-electron chi connectivity index (χ2n) is 3.35. The highest BCUT2D eigenvalue weighted by Gasteiger charge is 2.09. The van der Waals surface area contributed by atoms with Gasteiger partial charge < -0.3 is 5.11 Å². The molecular formula is C11H15BrOS. The molecule has 0 aliphatic heterocycles. The molecule has 2 atom stereocenters. The first-order valence-electron chi connectivity index (χ1n) is 4.64. The molecule has 0 aromatic heterocycles. The van der Waals surface area contributed by atoms with Crippen LogP contribution >= 0.6 is 27.7 Å². The Morgan fingerprint density at radius 3 is 2.57 bits per heavy atom. The molecule has 3 heteroatoms. The van der Waals surface area contributed by atoms with E-state index in [0.29, 0.717) is 0 Å². The molecule has 78 valence electrons. The molecule has 1 N–H and O–H groups in total. The van der Waals surface area contributed by atoms with Crippen molar-refractivity contribution in [2.75, 3.05) is 0 Å². The summed E-state index contributed by atoms with van der Waals surface area (Å²) in [6, 6.07) is 8.19. The maximum Gasteiger partial charge on any atom is 0.0628 e. The van der Waals surface area contributed by atoms with Crippen LogP contribution in [0, 0.1) is 0 Å². The number of hydrogen-bond acceptors (Lipinski definition) is 2. The number of rotatable bonds is 4. The topological polar surface area (TPSA) is 20.2 Å². The van der Waals surface area contributed by atoms with Gasteiger partial charge in [-0.3, -0.25) is 0 Å². The third-order valence-corrected chi connectivity index (χ3v) is 4.31. The number of halogens is 1. The van der Waals surface area contributed by atoms with Crippen molar-refractivity contribution in [2.45, 2.75) is 31.0 Å². The van der Waals surface area contributed by atoms with Gasteiger partial charge in [0, 0.05) is 15.5 Å². The summed E-state index contributed by atoms with van der Waals surface area (Å²) in [6.45, 7) is 3.88. The zero-order chi connectivity index (χ0) is 10.6. The Kier molecular flexibility index (Phi) is 4.99. The van der Waals surface area contributed by atoms with Crippen LogP contribution in [0.25, 0.3) is 0 Å². The third-order valence-electron chi connectivity index (χ3n) is 2.14. The van der Waals surface area contributed by atoms with Crippen molar-refractivity contribution in [1.82, 2.24) is 0 Å². The molecule has 0 amide bonds. The molecule has 1 nitrogen and oxygen atoms in total. The Bertz CT molecular complexity index is 288. The molecule has 2 unspecified atom stereocenters. The fourth-order valence-electron chi connectivity index (χ4n) is 0.976. The van der Waals surface area contributed by atoms with Crippen molar-refractivity contribution in [2.24, 2.45) is 0 Å². The average molecular weight is 275 g/mol. The average Bonchev–Trinajstić information content (AvgIpc) is 2.16. The lowest BCUT2D eigenvalue weighted by Gasteiger charge is -2.14. The fourth-order valence-corrected chi connectivity index (χ4v) is 2.56. The van der Waals surface area contributed by atoms with E-state index in [9.17, 15) is 5.11 Å². The predicted molar refractivity (Wildman–Crippen MR) is 66.6 cm³/mol. The molecule has 14 heavy (non-hydrogen) atoms. The maximum absolute atomic E-state index is 9.34. The molecule has 0 saturated carbocycles. The molecular weight excluding hydrogens is 260 g/mol. The summed E-state index contributed by atoms with van der Waals surface area (Å²) in [6.07, 6.45) is -0.248. The van der Waals surface area contributed by atoms with Crippen LogP contribution in [0.1, 0.15) is 19.4 Å². The quantitative estimate of drug-likeness (QED) is 0.908.